The molecule has 0 radical (unpaired) electrons. The molecular weight excluding hydrogens is 212 g/mol. The summed E-state index contributed by atoms with van der Waals surface area (Å²) in [4.78, 5) is 23.5. The smallest absolute Gasteiger partial charge is 0.326 e. The van der Waals surface area contributed by atoms with E-state index in [0.29, 0.717) is 13.0 Å². The Bertz CT molecular complexity index is 276. The molecule has 0 aromatic carbocycles. The molecule has 0 saturated carbocycles. The van der Waals surface area contributed by atoms with Gasteiger partial charge in [-0.3, -0.25) is 9.59 Å². The summed E-state index contributed by atoms with van der Waals surface area (Å²) >= 11 is 0. The van der Waals surface area contributed by atoms with E-state index in [-0.39, 0.29) is 13.0 Å². The normalized spacial score (nSPS) is 28.9. The van der Waals surface area contributed by atoms with E-state index in [9.17, 15) is 9.59 Å². The molecule has 0 amide bonds. The lowest BCUT2D eigenvalue weighted by atomic mass is 9.83. The zero-order valence-electron chi connectivity index (χ0n) is 9.95. The third-order valence-electron chi connectivity index (χ3n) is 2.77. The van der Waals surface area contributed by atoms with E-state index in [0.717, 1.165) is 0 Å². The molecule has 16 heavy (non-hydrogen) atoms. The average Bonchev–Trinajstić information content (AvgIpc) is 2.57. The SMILES string of the molecule is CCOC(=O)[C@]1(CC)C[C@@H](OCC)OC1=O. The van der Waals surface area contributed by atoms with Crippen LogP contribution in [0.5, 0.6) is 0 Å². The number of hydrogen-bond donors (Lipinski definition) is 0. The molecule has 1 aliphatic rings. The van der Waals surface area contributed by atoms with E-state index in [1.165, 1.54) is 0 Å². The van der Waals surface area contributed by atoms with Crippen LogP contribution in [0, 0.1) is 5.41 Å². The van der Waals surface area contributed by atoms with Crippen molar-refractivity contribution in [1.82, 2.24) is 0 Å². The largest absolute Gasteiger partial charge is 0.465 e. The fraction of sp³-hybridized carbons (Fsp3) is 0.818. The molecule has 0 aromatic rings. The van der Waals surface area contributed by atoms with Gasteiger partial charge in [0, 0.05) is 13.0 Å². The topological polar surface area (TPSA) is 61.8 Å². The van der Waals surface area contributed by atoms with Gasteiger partial charge in [-0.15, -0.1) is 0 Å². The average molecular weight is 230 g/mol. The van der Waals surface area contributed by atoms with Crippen LogP contribution in [0.25, 0.3) is 0 Å². The predicted octanol–water partition coefficient (Wildman–Crippen LogP) is 1.26. The first kappa shape index (κ1) is 13.0. The van der Waals surface area contributed by atoms with Gasteiger partial charge in [-0.25, -0.2) is 0 Å². The van der Waals surface area contributed by atoms with Gasteiger partial charge in [0.15, 0.2) is 5.41 Å². The maximum atomic E-state index is 11.8. The van der Waals surface area contributed by atoms with Crippen LogP contribution in [0.4, 0.5) is 0 Å². The highest BCUT2D eigenvalue weighted by Gasteiger charge is 2.55. The Hall–Kier alpha value is -1.10. The highest BCUT2D eigenvalue weighted by molar-refractivity contribution is 6.01. The summed E-state index contributed by atoms with van der Waals surface area (Å²) in [6, 6.07) is 0. The van der Waals surface area contributed by atoms with Crippen molar-refractivity contribution in [2.45, 2.75) is 39.9 Å². The van der Waals surface area contributed by atoms with E-state index in [4.69, 9.17) is 14.2 Å². The first-order valence-electron chi connectivity index (χ1n) is 5.60. The van der Waals surface area contributed by atoms with Crippen LogP contribution < -0.4 is 0 Å². The fourth-order valence-electron chi connectivity index (χ4n) is 1.79. The van der Waals surface area contributed by atoms with E-state index in [2.05, 4.69) is 0 Å². The molecule has 2 atom stereocenters. The Morgan fingerprint density at radius 3 is 2.62 bits per heavy atom. The number of carbonyl (C=O) groups excluding carboxylic acids is 2. The molecule has 1 aliphatic heterocycles. The maximum Gasteiger partial charge on any atom is 0.326 e. The van der Waals surface area contributed by atoms with Crippen LogP contribution in [0.15, 0.2) is 0 Å². The summed E-state index contributed by atoms with van der Waals surface area (Å²) in [5, 5.41) is 0. The minimum Gasteiger partial charge on any atom is -0.465 e. The van der Waals surface area contributed by atoms with Crippen molar-refractivity contribution in [3.63, 3.8) is 0 Å². The number of rotatable bonds is 5. The lowest BCUT2D eigenvalue weighted by molar-refractivity contribution is -0.170. The van der Waals surface area contributed by atoms with Gasteiger partial charge in [0.25, 0.3) is 0 Å². The highest BCUT2D eigenvalue weighted by atomic mass is 16.7. The zero-order valence-corrected chi connectivity index (χ0v) is 9.95. The second kappa shape index (κ2) is 5.30. The van der Waals surface area contributed by atoms with E-state index < -0.39 is 23.6 Å². The van der Waals surface area contributed by atoms with Gasteiger partial charge in [0.05, 0.1) is 6.61 Å². The number of hydrogen-bond acceptors (Lipinski definition) is 5. The highest BCUT2D eigenvalue weighted by Crippen LogP contribution is 2.38. The van der Waals surface area contributed by atoms with Gasteiger partial charge < -0.3 is 14.2 Å². The molecule has 0 unspecified atom stereocenters. The van der Waals surface area contributed by atoms with Crippen LogP contribution in [0.1, 0.15) is 33.6 Å². The lowest BCUT2D eigenvalue weighted by Gasteiger charge is -2.19. The minimum absolute atomic E-state index is 0.245. The molecule has 0 aliphatic carbocycles. The van der Waals surface area contributed by atoms with Gasteiger partial charge in [-0.05, 0) is 20.3 Å². The predicted molar refractivity (Wildman–Crippen MR) is 55.5 cm³/mol. The number of carbonyl (C=O) groups is 2. The van der Waals surface area contributed by atoms with Crippen LogP contribution in [0.2, 0.25) is 0 Å². The van der Waals surface area contributed by atoms with E-state index in [1.807, 2.05) is 6.92 Å². The summed E-state index contributed by atoms with van der Waals surface area (Å²) in [7, 11) is 0. The number of cyclic esters (lactones) is 1. The third kappa shape index (κ3) is 2.19. The molecule has 1 rings (SSSR count). The minimum atomic E-state index is -1.17. The molecule has 1 saturated heterocycles. The number of esters is 2. The Kier molecular flexibility index (Phi) is 4.29. The van der Waals surface area contributed by atoms with Crippen LogP contribution in [-0.4, -0.2) is 31.4 Å². The summed E-state index contributed by atoms with van der Waals surface area (Å²) < 4.78 is 15.1. The first-order chi connectivity index (χ1) is 7.60. The quantitative estimate of drug-likeness (QED) is 0.525. The van der Waals surface area contributed by atoms with Gasteiger partial charge in [-0.2, -0.15) is 0 Å². The molecule has 5 heteroatoms. The van der Waals surface area contributed by atoms with Crippen molar-refractivity contribution in [1.29, 1.82) is 0 Å². The van der Waals surface area contributed by atoms with Crippen molar-refractivity contribution in [2.75, 3.05) is 13.2 Å². The molecule has 0 bridgehead atoms. The molecule has 1 heterocycles. The summed E-state index contributed by atoms with van der Waals surface area (Å²) in [6.45, 7) is 5.99. The molecule has 5 nitrogen and oxygen atoms in total. The molecule has 92 valence electrons. The van der Waals surface area contributed by atoms with E-state index >= 15 is 0 Å². The lowest BCUT2D eigenvalue weighted by Crippen LogP contribution is -2.36. The number of ether oxygens (including phenoxy) is 3. The van der Waals surface area contributed by atoms with Gasteiger partial charge in [-0.1, -0.05) is 6.92 Å². The molecule has 0 spiro atoms. The van der Waals surface area contributed by atoms with Crippen molar-refractivity contribution in [3.05, 3.63) is 0 Å². The van der Waals surface area contributed by atoms with Crippen molar-refractivity contribution >= 4 is 11.9 Å². The molecule has 1 fully saturated rings. The third-order valence-corrected chi connectivity index (χ3v) is 2.77. The molecule has 0 N–H and O–H groups in total. The van der Waals surface area contributed by atoms with Crippen molar-refractivity contribution in [2.24, 2.45) is 5.41 Å². The van der Waals surface area contributed by atoms with Gasteiger partial charge in [0.2, 0.25) is 6.29 Å². The van der Waals surface area contributed by atoms with Crippen molar-refractivity contribution < 1.29 is 23.8 Å². The standard InChI is InChI=1S/C11H18O5/c1-4-11(9(12)15-6-3)7-8(14-5-2)16-10(11)13/h8H,4-7H2,1-3H3/t8-,11-/m0/s1. The maximum absolute atomic E-state index is 11.8. The van der Waals surface area contributed by atoms with Crippen LogP contribution >= 0.6 is 0 Å². The van der Waals surface area contributed by atoms with E-state index in [1.54, 1.807) is 13.8 Å². The molecular formula is C11H18O5. The molecule has 0 aromatic heterocycles. The monoisotopic (exact) mass is 230 g/mol. The zero-order chi connectivity index (χ0) is 12.2. The second-order valence-corrected chi connectivity index (χ2v) is 3.65. The Balaban J connectivity index is 2.80. The second-order valence-electron chi connectivity index (χ2n) is 3.65. The summed E-state index contributed by atoms with van der Waals surface area (Å²) in [5.41, 5.74) is -1.17. The summed E-state index contributed by atoms with van der Waals surface area (Å²) in [5.74, 6) is -1.04. The summed E-state index contributed by atoms with van der Waals surface area (Å²) in [6.07, 6.45) is -0.00895. The van der Waals surface area contributed by atoms with Crippen LogP contribution in [-0.2, 0) is 23.8 Å². The Morgan fingerprint density at radius 2 is 2.12 bits per heavy atom. The Labute approximate surface area is 95.0 Å². The van der Waals surface area contributed by atoms with Crippen molar-refractivity contribution in [3.8, 4) is 0 Å². The Morgan fingerprint density at radius 1 is 1.44 bits per heavy atom. The first-order valence-corrected chi connectivity index (χ1v) is 5.60. The fourth-order valence-corrected chi connectivity index (χ4v) is 1.79. The van der Waals surface area contributed by atoms with Gasteiger partial charge >= 0.3 is 11.9 Å². The van der Waals surface area contributed by atoms with Gasteiger partial charge in [0.1, 0.15) is 0 Å². The van der Waals surface area contributed by atoms with Crippen LogP contribution in [0.3, 0.4) is 0 Å².